The topological polar surface area (TPSA) is 67.4 Å². The highest BCUT2D eigenvalue weighted by atomic mass is 16.5. The minimum Gasteiger partial charge on any atom is -0.496 e. The Morgan fingerprint density at radius 3 is 2.86 bits per heavy atom. The number of rotatable bonds is 4. The molecule has 5 heteroatoms. The lowest BCUT2D eigenvalue weighted by Gasteiger charge is -2.24. The van der Waals surface area contributed by atoms with Gasteiger partial charge in [-0.15, -0.1) is 0 Å². The molecule has 1 aliphatic heterocycles. The number of methoxy groups -OCH3 is 1. The number of carbonyl (C=O) groups excluding carboxylic acids is 2. The molecule has 1 saturated heterocycles. The summed E-state index contributed by atoms with van der Waals surface area (Å²) >= 11 is 0. The summed E-state index contributed by atoms with van der Waals surface area (Å²) in [4.78, 5) is 23.4. The van der Waals surface area contributed by atoms with Gasteiger partial charge < -0.3 is 15.4 Å². The van der Waals surface area contributed by atoms with Crippen LogP contribution in [0.15, 0.2) is 18.2 Å². The van der Waals surface area contributed by atoms with E-state index in [9.17, 15) is 9.59 Å². The van der Waals surface area contributed by atoms with Gasteiger partial charge in [-0.3, -0.25) is 9.59 Å². The van der Waals surface area contributed by atoms with Crippen molar-refractivity contribution in [3.63, 3.8) is 0 Å². The summed E-state index contributed by atoms with van der Waals surface area (Å²) in [5.74, 6) is 0.616. The Labute approximate surface area is 125 Å². The SMILES string of the molecule is COc1ccc(C)cc1C(C)NC(=O)C1CCC(=O)NC1. The van der Waals surface area contributed by atoms with Gasteiger partial charge in [0.25, 0.3) is 0 Å². The second-order valence-electron chi connectivity index (χ2n) is 5.52. The van der Waals surface area contributed by atoms with Crippen molar-refractivity contribution in [2.45, 2.75) is 32.7 Å². The quantitative estimate of drug-likeness (QED) is 0.887. The maximum atomic E-state index is 12.3. The van der Waals surface area contributed by atoms with E-state index in [-0.39, 0.29) is 23.8 Å². The Kier molecular flexibility index (Phi) is 4.83. The third-order valence-electron chi connectivity index (χ3n) is 3.85. The molecular weight excluding hydrogens is 268 g/mol. The molecular formula is C16H22N2O3. The summed E-state index contributed by atoms with van der Waals surface area (Å²) in [7, 11) is 1.62. The molecule has 2 N–H and O–H groups in total. The Bertz CT molecular complexity index is 532. The smallest absolute Gasteiger partial charge is 0.225 e. The monoisotopic (exact) mass is 290 g/mol. The lowest BCUT2D eigenvalue weighted by molar-refractivity contribution is -0.129. The van der Waals surface area contributed by atoms with Crippen molar-refractivity contribution in [1.82, 2.24) is 10.6 Å². The first-order valence-corrected chi connectivity index (χ1v) is 7.23. The second-order valence-corrected chi connectivity index (χ2v) is 5.52. The lowest BCUT2D eigenvalue weighted by atomic mass is 9.97. The van der Waals surface area contributed by atoms with Crippen LogP contribution in [0, 0.1) is 12.8 Å². The summed E-state index contributed by atoms with van der Waals surface area (Å²) in [6.07, 6.45) is 1.02. The predicted octanol–water partition coefficient (Wildman–Crippen LogP) is 1.71. The highest BCUT2D eigenvalue weighted by molar-refractivity contribution is 5.84. The van der Waals surface area contributed by atoms with Crippen molar-refractivity contribution in [3.8, 4) is 5.75 Å². The van der Waals surface area contributed by atoms with Crippen molar-refractivity contribution < 1.29 is 14.3 Å². The zero-order valence-electron chi connectivity index (χ0n) is 12.7. The number of ether oxygens (including phenoxy) is 1. The van der Waals surface area contributed by atoms with Crippen molar-refractivity contribution >= 4 is 11.8 Å². The van der Waals surface area contributed by atoms with Crippen LogP contribution in [0.5, 0.6) is 5.75 Å². The lowest BCUT2D eigenvalue weighted by Crippen LogP contribution is -2.43. The Balaban J connectivity index is 2.03. The highest BCUT2D eigenvalue weighted by Crippen LogP contribution is 2.26. The first kappa shape index (κ1) is 15.4. The van der Waals surface area contributed by atoms with E-state index in [4.69, 9.17) is 4.74 Å². The van der Waals surface area contributed by atoms with Crippen molar-refractivity contribution in [2.75, 3.05) is 13.7 Å². The Morgan fingerprint density at radius 2 is 2.24 bits per heavy atom. The van der Waals surface area contributed by atoms with Gasteiger partial charge in [0.1, 0.15) is 5.75 Å². The van der Waals surface area contributed by atoms with Gasteiger partial charge in [0.15, 0.2) is 0 Å². The van der Waals surface area contributed by atoms with Crippen LogP contribution in [0.3, 0.4) is 0 Å². The Morgan fingerprint density at radius 1 is 1.48 bits per heavy atom. The third-order valence-corrected chi connectivity index (χ3v) is 3.85. The van der Waals surface area contributed by atoms with E-state index in [1.807, 2.05) is 32.0 Å². The Hall–Kier alpha value is -2.04. The zero-order chi connectivity index (χ0) is 15.4. The van der Waals surface area contributed by atoms with Crippen LogP contribution in [-0.4, -0.2) is 25.5 Å². The van der Waals surface area contributed by atoms with Crippen LogP contribution < -0.4 is 15.4 Å². The molecule has 2 rings (SSSR count). The predicted molar refractivity (Wildman–Crippen MR) is 80.0 cm³/mol. The van der Waals surface area contributed by atoms with Crippen LogP contribution in [0.2, 0.25) is 0 Å². The van der Waals surface area contributed by atoms with E-state index in [1.165, 1.54) is 0 Å². The molecule has 1 aromatic carbocycles. The van der Waals surface area contributed by atoms with E-state index in [0.717, 1.165) is 16.9 Å². The zero-order valence-corrected chi connectivity index (χ0v) is 12.7. The molecule has 0 bridgehead atoms. The van der Waals surface area contributed by atoms with Gasteiger partial charge in [-0.05, 0) is 26.3 Å². The molecule has 5 nitrogen and oxygen atoms in total. The number of nitrogens with one attached hydrogen (secondary N) is 2. The second kappa shape index (κ2) is 6.61. The number of amides is 2. The molecule has 21 heavy (non-hydrogen) atoms. The summed E-state index contributed by atoms with van der Waals surface area (Å²) in [5, 5.41) is 5.75. The molecule has 1 heterocycles. The van der Waals surface area contributed by atoms with Crippen LogP contribution in [0.4, 0.5) is 0 Å². The number of benzene rings is 1. The van der Waals surface area contributed by atoms with Crippen molar-refractivity contribution in [2.24, 2.45) is 5.92 Å². The highest BCUT2D eigenvalue weighted by Gasteiger charge is 2.26. The molecule has 0 radical (unpaired) electrons. The number of aryl methyl sites for hydroxylation is 1. The molecule has 0 aliphatic carbocycles. The van der Waals surface area contributed by atoms with E-state index in [0.29, 0.717) is 19.4 Å². The fourth-order valence-corrected chi connectivity index (χ4v) is 2.56. The summed E-state index contributed by atoms with van der Waals surface area (Å²) in [6, 6.07) is 5.78. The first-order valence-electron chi connectivity index (χ1n) is 7.23. The van der Waals surface area contributed by atoms with Crippen LogP contribution in [0.25, 0.3) is 0 Å². The third kappa shape index (κ3) is 3.74. The molecule has 1 aliphatic rings. The molecule has 0 spiro atoms. The van der Waals surface area contributed by atoms with E-state index in [2.05, 4.69) is 10.6 Å². The molecule has 0 saturated carbocycles. The van der Waals surface area contributed by atoms with E-state index >= 15 is 0 Å². The van der Waals surface area contributed by atoms with E-state index in [1.54, 1.807) is 7.11 Å². The summed E-state index contributed by atoms with van der Waals surface area (Å²) in [6.45, 7) is 4.37. The number of carbonyl (C=O) groups is 2. The normalized spacial score (nSPS) is 19.6. The molecule has 1 fully saturated rings. The van der Waals surface area contributed by atoms with Gasteiger partial charge in [0.05, 0.1) is 19.1 Å². The van der Waals surface area contributed by atoms with Crippen LogP contribution >= 0.6 is 0 Å². The van der Waals surface area contributed by atoms with E-state index < -0.39 is 0 Å². The van der Waals surface area contributed by atoms with Gasteiger partial charge in [0, 0.05) is 18.5 Å². The molecule has 114 valence electrons. The van der Waals surface area contributed by atoms with Gasteiger partial charge >= 0.3 is 0 Å². The molecule has 2 unspecified atom stereocenters. The fourth-order valence-electron chi connectivity index (χ4n) is 2.56. The summed E-state index contributed by atoms with van der Waals surface area (Å²) < 4.78 is 5.35. The first-order chi connectivity index (χ1) is 10.0. The van der Waals surface area contributed by atoms with Gasteiger partial charge in [-0.25, -0.2) is 0 Å². The summed E-state index contributed by atoms with van der Waals surface area (Å²) in [5.41, 5.74) is 2.09. The minimum absolute atomic E-state index is 0.0208. The number of hydrogen-bond acceptors (Lipinski definition) is 3. The maximum absolute atomic E-state index is 12.3. The van der Waals surface area contributed by atoms with Crippen LogP contribution in [-0.2, 0) is 9.59 Å². The maximum Gasteiger partial charge on any atom is 0.225 e. The van der Waals surface area contributed by atoms with Crippen molar-refractivity contribution in [3.05, 3.63) is 29.3 Å². The average Bonchev–Trinajstić information content (AvgIpc) is 2.47. The number of piperidine rings is 1. The average molecular weight is 290 g/mol. The largest absolute Gasteiger partial charge is 0.496 e. The molecule has 0 aromatic heterocycles. The van der Waals surface area contributed by atoms with Gasteiger partial charge in [-0.1, -0.05) is 17.7 Å². The van der Waals surface area contributed by atoms with Gasteiger partial charge in [-0.2, -0.15) is 0 Å². The van der Waals surface area contributed by atoms with Crippen LogP contribution in [0.1, 0.15) is 36.9 Å². The molecule has 2 atom stereocenters. The number of hydrogen-bond donors (Lipinski definition) is 2. The molecule has 1 aromatic rings. The van der Waals surface area contributed by atoms with Gasteiger partial charge in [0.2, 0.25) is 11.8 Å². The fraction of sp³-hybridized carbons (Fsp3) is 0.500. The minimum atomic E-state index is -0.152. The standard InChI is InChI=1S/C16H22N2O3/c1-10-4-6-14(21-3)13(8-10)11(2)18-16(20)12-5-7-15(19)17-9-12/h4,6,8,11-12H,5,7,9H2,1-3H3,(H,17,19)(H,18,20). The molecule has 2 amide bonds. The van der Waals surface area contributed by atoms with Crippen molar-refractivity contribution in [1.29, 1.82) is 0 Å².